The van der Waals surface area contributed by atoms with Crippen LogP contribution in [0.15, 0.2) is 18.2 Å². The molecule has 5 heteroatoms. The van der Waals surface area contributed by atoms with Crippen LogP contribution in [0.25, 0.3) is 0 Å². The van der Waals surface area contributed by atoms with Crippen LogP contribution in [-0.4, -0.2) is 19.8 Å². The van der Waals surface area contributed by atoms with Crippen LogP contribution in [0.1, 0.15) is 31.7 Å². The van der Waals surface area contributed by atoms with E-state index in [1.807, 2.05) is 0 Å². The van der Waals surface area contributed by atoms with Crippen molar-refractivity contribution in [2.45, 2.75) is 45.4 Å². The Morgan fingerprint density at radius 2 is 2.10 bits per heavy atom. The van der Waals surface area contributed by atoms with Gasteiger partial charge in [-0.15, -0.1) is 0 Å². The molecule has 2 rings (SSSR count). The zero-order chi connectivity index (χ0) is 14.5. The summed E-state index contributed by atoms with van der Waals surface area (Å²) in [5, 5.41) is 3.35. The number of para-hydroxylation sites is 1. The standard InChI is InChI=1S/C15H21F2NO2/c1-10(8-11-6-7-11)18-9-12-4-3-5-13(19-2)14(12)20-15(16)17/h3-5,10-11,15,18H,6-9H2,1-2H3. The molecule has 1 unspecified atom stereocenters. The van der Waals surface area contributed by atoms with Crippen LogP contribution in [-0.2, 0) is 6.54 Å². The second-order valence-corrected chi connectivity index (χ2v) is 5.29. The number of hydrogen-bond acceptors (Lipinski definition) is 3. The fraction of sp³-hybridized carbons (Fsp3) is 0.600. The first kappa shape index (κ1) is 15.0. The second-order valence-electron chi connectivity index (χ2n) is 5.29. The van der Waals surface area contributed by atoms with Crippen molar-refractivity contribution in [2.75, 3.05) is 7.11 Å². The van der Waals surface area contributed by atoms with Crippen LogP contribution in [0, 0.1) is 5.92 Å². The first-order valence-corrected chi connectivity index (χ1v) is 6.94. The smallest absolute Gasteiger partial charge is 0.387 e. The highest BCUT2D eigenvalue weighted by Crippen LogP contribution is 2.34. The summed E-state index contributed by atoms with van der Waals surface area (Å²) in [4.78, 5) is 0. The minimum atomic E-state index is -2.85. The van der Waals surface area contributed by atoms with E-state index < -0.39 is 6.61 Å². The highest BCUT2D eigenvalue weighted by Gasteiger charge is 2.23. The van der Waals surface area contributed by atoms with E-state index in [0.29, 0.717) is 23.9 Å². The van der Waals surface area contributed by atoms with Crippen molar-refractivity contribution >= 4 is 0 Å². The third-order valence-electron chi connectivity index (χ3n) is 3.51. The first-order chi connectivity index (χ1) is 9.60. The molecule has 1 fully saturated rings. The fourth-order valence-corrected chi connectivity index (χ4v) is 2.31. The molecule has 112 valence electrons. The Morgan fingerprint density at radius 3 is 2.70 bits per heavy atom. The van der Waals surface area contributed by atoms with Crippen molar-refractivity contribution < 1.29 is 18.3 Å². The topological polar surface area (TPSA) is 30.5 Å². The van der Waals surface area contributed by atoms with Gasteiger partial charge in [-0.1, -0.05) is 25.0 Å². The molecule has 0 aliphatic heterocycles. The summed E-state index contributed by atoms with van der Waals surface area (Å²) in [5.74, 6) is 1.29. The zero-order valence-electron chi connectivity index (χ0n) is 11.9. The molecule has 20 heavy (non-hydrogen) atoms. The van der Waals surface area contributed by atoms with Gasteiger partial charge >= 0.3 is 6.61 Å². The van der Waals surface area contributed by atoms with E-state index in [2.05, 4.69) is 17.0 Å². The van der Waals surface area contributed by atoms with Gasteiger partial charge in [-0.2, -0.15) is 8.78 Å². The molecule has 1 N–H and O–H groups in total. The maximum absolute atomic E-state index is 12.5. The molecule has 1 aromatic rings. The SMILES string of the molecule is COc1cccc(CNC(C)CC2CC2)c1OC(F)F. The van der Waals surface area contributed by atoms with Crippen LogP contribution < -0.4 is 14.8 Å². The van der Waals surface area contributed by atoms with E-state index in [9.17, 15) is 8.78 Å². The minimum absolute atomic E-state index is 0.121. The van der Waals surface area contributed by atoms with Crippen LogP contribution in [0.5, 0.6) is 11.5 Å². The summed E-state index contributed by atoms with van der Waals surface area (Å²) in [6, 6.07) is 5.54. The van der Waals surface area contributed by atoms with Crippen LogP contribution in [0.4, 0.5) is 8.78 Å². The van der Waals surface area contributed by atoms with Gasteiger partial charge in [0.15, 0.2) is 11.5 Å². The number of ether oxygens (including phenoxy) is 2. The van der Waals surface area contributed by atoms with Gasteiger partial charge < -0.3 is 14.8 Å². The van der Waals surface area contributed by atoms with Gasteiger partial charge in [-0.05, 0) is 25.3 Å². The third kappa shape index (κ3) is 4.34. The van der Waals surface area contributed by atoms with E-state index in [4.69, 9.17) is 4.74 Å². The normalized spacial score (nSPS) is 16.2. The molecular weight excluding hydrogens is 264 g/mol. The molecule has 0 spiro atoms. The van der Waals surface area contributed by atoms with Gasteiger partial charge in [-0.25, -0.2) is 0 Å². The lowest BCUT2D eigenvalue weighted by atomic mass is 10.1. The molecule has 3 nitrogen and oxygen atoms in total. The van der Waals surface area contributed by atoms with Crippen molar-refractivity contribution in [3.05, 3.63) is 23.8 Å². The first-order valence-electron chi connectivity index (χ1n) is 6.94. The number of halogens is 2. The molecule has 0 aromatic heterocycles. The molecule has 1 aliphatic rings. The van der Waals surface area contributed by atoms with Crippen LogP contribution >= 0.6 is 0 Å². The number of rotatable bonds is 8. The summed E-state index contributed by atoms with van der Waals surface area (Å²) >= 11 is 0. The zero-order valence-corrected chi connectivity index (χ0v) is 11.9. The Kier molecular flexibility index (Phi) is 5.17. The quantitative estimate of drug-likeness (QED) is 0.792. The summed E-state index contributed by atoms with van der Waals surface area (Å²) in [7, 11) is 1.45. The number of methoxy groups -OCH3 is 1. The van der Waals surface area contributed by atoms with Crippen molar-refractivity contribution in [1.29, 1.82) is 0 Å². The highest BCUT2D eigenvalue weighted by atomic mass is 19.3. The van der Waals surface area contributed by atoms with E-state index >= 15 is 0 Å². The number of alkyl halides is 2. The second kappa shape index (κ2) is 6.88. The predicted molar refractivity (Wildman–Crippen MR) is 73.3 cm³/mol. The molecule has 1 aromatic carbocycles. The van der Waals surface area contributed by atoms with Gasteiger partial charge in [0, 0.05) is 18.2 Å². The van der Waals surface area contributed by atoms with Crippen molar-refractivity contribution in [2.24, 2.45) is 5.92 Å². The summed E-state index contributed by atoms with van der Waals surface area (Å²) in [6.07, 6.45) is 3.75. The average molecular weight is 285 g/mol. The van der Waals surface area contributed by atoms with Crippen molar-refractivity contribution in [3.8, 4) is 11.5 Å². The molecule has 0 radical (unpaired) electrons. The highest BCUT2D eigenvalue weighted by molar-refractivity contribution is 5.46. The summed E-state index contributed by atoms with van der Waals surface area (Å²) in [6.45, 7) is -0.242. The molecule has 0 bridgehead atoms. The van der Waals surface area contributed by atoms with Crippen molar-refractivity contribution in [1.82, 2.24) is 5.32 Å². The Hall–Kier alpha value is -1.36. The Balaban J connectivity index is 2.00. The van der Waals surface area contributed by atoms with Gasteiger partial charge in [0.05, 0.1) is 7.11 Å². The summed E-state index contributed by atoms with van der Waals surface area (Å²) < 4.78 is 34.7. The minimum Gasteiger partial charge on any atom is -0.493 e. The lowest BCUT2D eigenvalue weighted by Gasteiger charge is -2.17. The van der Waals surface area contributed by atoms with Crippen molar-refractivity contribution in [3.63, 3.8) is 0 Å². The maximum atomic E-state index is 12.5. The number of benzene rings is 1. The molecule has 1 aliphatic carbocycles. The molecule has 1 saturated carbocycles. The third-order valence-corrected chi connectivity index (χ3v) is 3.51. The largest absolute Gasteiger partial charge is 0.493 e. The van der Waals surface area contributed by atoms with E-state index in [-0.39, 0.29) is 5.75 Å². The van der Waals surface area contributed by atoms with E-state index in [1.165, 1.54) is 20.0 Å². The predicted octanol–water partition coefficient (Wildman–Crippen LogP) is 3.57. The van der Waals surface area contributed by atoms with Crippen LogP contribution in [0.3, 0.4) is 0 Å². The fourth-order valence-electron chi connectivity index (χ4n) is 2.31. The Bertz CT molecular complexity index is 436. The van der Waals surface area contributed by atoms with E-state index in [0.717, 1.165) is 12.3 Å². The number of nitrogens with one attached hydrogen (secondary N) is 1. The maximum Gasteiger partial charge on any atom is 0.387 e. The summed E-state index contributed by atoms with van der Waals surface area (Å²) in [5.41, 5.74) is 0.687. The van der Waals surface area contributed by atoms with Crippen LogP contribution in [0.2, 0.25) is 0 Å². The monoisotopic (exact) mass is 285 g/mol. The Morgan fingerprint density at radius 1 is 1.35 bits per heavy atom. The lowest BCUT2D eigenvalue weighted by Crippen LogP contribution is -2.26. The van der Waals surface area contributed by atoms with Gasteiger partial charge in [0.2, 0.25) is 0 Å². The average Bonchev–Trinajstić information content (AvgIpc) is 3.20. The van der Waals surface area contributed by atoms with Gasteiger partial charge in [0.25, 0.3) is 0 Å². The van der Waals surface area contributed by atoms with E-state index in [1.54, 1.807) is 18.2 Å². The van der Waals surface area contributed by atoms with Gasteiger partial charge in [0.1, 0.15) is 0 Å². The number of hydrogen-bond donors (Lipinski definition) is 1. The molecule has 0 saturated heterocycles. The molecule has 0 amide bonds. The molecule has 0 heterocycles. The molecular formula is C15H21F2NO2. The molecule has 1 atom stereocenters. The Labute approximate surface area is 118 Å². The van der Waals surface area contributed by atoms with Gasteiger partial charge in [-0.3, -0.25) is 0 Å². The lowest BCUT2D eigenvalue weighted by molar-refractivity contribution is -0.0518.